The number of H-pyrrole nitrogens is 1. The normalized spacial score (nSPS) is 15.9. The Morgan fingerprint density at radius 2 is 1.96 bits per heavy atom. The van der Waals surface area contributed by atoms with Crippen LogP contribution >= 0.6 is 0 Å². The van der Waals surface area contributed by atoms with Gasteiger partial charge in [0, 0.05) is 12.8 Å². The Morgan fingerprint density at radius 1 is 1.12 bits per heavy atom. The van der Waals surface area contributed by atoms with Gasteiger partial charge in [0.25, 0.3) is 0 Å². The van der Waals surface area contributed by atoms with Crippen molar-refractivity contribution in [3.05, 3.63) is 23.8 Å². The number of aryl methyl sites for hydroxylation is 1. The zero-order chi connectivity index (χ0) is 17.3. The number of nitrogens with one attached hydrogen (secondary N) is 1. The number of hydrogen-bond donors (Lipinski definition) is 1. The van der Waals surface area contributed by atoms with E-state index in [0.717, 1.165) is 23.3 Å². The van der Waals surface area contributed by atoms with E-state index in [1.807, 2.05) is 13.1 Å². The third-order valence-corrected chi connectivity index (χ3v) is 5.10. The Labute approximate surface area is 151 Å². The van der Waals surface area contributed by atoms with E-state index in [1.54, 1.807) is 0 Å². The summed E-state index contributed by atoms with van der Waals surface area (Å²) in [5, 5.41) is 0. The zero-order valence-electron chi connectivity index (χ0n) is 15.6. The van der Waals surface area contributed by atoms with E-state index in [-0.39, 0.29) is 0 Å². The fraction of sp³-hybridized carbons (Fsp3) is 0.700. The number of likely N-dealkylation sites (tertiary alicyclic amines) is 1. The van der Waals surface area contributed by atoms with Crippen LogP contribution in [0.25, 0.3) is 11.0 Å². The van der Waals surface area contributed by atoms with Crippen LogP contribution in [0.5, 0.6) is 0 Å². The van der Waals surface area contributed by atoms with Crippen LogP contribution in [0.1, 0.15) is 63.3 Å². The fourth-order valence-corrected chi connectivity index (χ4v) is 3.64. The van der Waals surface area contributed by atoms with Gasteiger partial charge >= 0.3 is 0 Å². The highest BCUT2D eigenvalue weighted by atomic mass is 16.5. The van der Waals surface area contributed by atoms with Crippen LogP contribution < -0.4 is 0 Å². The molecular formula is C20H32N4O. The van der Waals surface area contributed by atoms with E-state index < -0.39 is 0 Å². The van der Waals surface area contributed by atoms with Gasteiger partial charge in [-0.15, -0.1) is 0 Å². The Hall–Kier alpha value is -1.46. The second kappa shape index (κ2) is 9.88. The van der Waals surface area contributed by atoms with Crippen LogP contribution in [-0.4, -0.2) is 46.1 Å². The molecule has 0 amide bonds. The van der Waals surface area contributed by atoms with Gasteiger partial charge in [-0.3, -0.25) is 0 Å². The lowest BCUT2D eigenvalue weighted by Crippen LogP contribution is -2.30. The number of fused-ring (bicyclic) bond motifs is 1. The number of unbranched alkanes of at least 4 members (excludes halogenated alkanes) is 3. The lowest BCUT2D eigenvalue weighted by molar-refractivity contribution is 0.128. The Kier molecular flexibility index (Phi) is 7.24. The first-order valence-corrected chi connectivity index (χ1v) is 9.99. The highest BCUT2D eigenvalue weighted by Gasteiger charge is 2.10. The van der Waals surface area contributed by atoms with Crippen LogP contribution in [0.4, 0.5) is 0 Å². The number of ether oxygens (including phenoxy) is 1. The molecular weight excluding hydrogens is 312 g/mol. The van der Waals surface area contributed by atoms with Crippen molar-refractivity contribution in [3.63, 3.8) is 0 Å². The van der Waals surface area contributed by atoms with Gasteiger partial charge in [-0.05, 0) is 64.2 Å². The van der Waals surface area contributed by atoms with Gasteiger partial charge in [0.05, 0.1) is 17.2 Å². The summed E-state index contributed by atoms with van der Waals surface area (Å²) in [5.41, 5.74) is 3.41. The van der Waals surface area contributed by atoms with E-state index >= 15 is 0 Å². The van der Waals surface area contributed by atoms with E-state index in [2.05, 4.69) is 26.0 Å². The van der Waals surface area contributed by atoms with E-state index in [0.29, 0.717) is 13.2 Å². The predicted molar refractivity (Wildman–Crippen MR) is 102 cm³/mol. The molecule has 0 saturated carbocycles. The van der Waals surface area contributed by atoms with Gasteiger partial charge in [0.2, 0.25) is 0 Å². The van der Waals surface area contributed by atoms with E-state index in [1.165, 1.54) is 70.1 Å². The van der Waals surface area contributed by atoms with Crippen LogP contribution in [0.2, 0.25) is 0 Å². The molecule has 0 unspecified atom stereocenters. The maximum atomic E-state index is 5.42. The molecule has 0 spiro atoms. The Morgan fingerprint density at radius 3 is 2.80 bits per heavy atom. The van der Waals surface area contributed by atoms with Crippen LogP contribution in [0.15, 0.2) is 12.4 Å². The molecule has 3 heterocycles. The van der Waals surface area contributed by atoms with Crippen LogP contribution in [-0.2, 0) is 17.8 Å². The summed E-state index contributed by atoms with van der Waals surface area (Å²) in [5.74, 6) is 0.775. The molecule has 1 aliphatic heterocycles. The van der Waals surface area contributed by atoms with Gasteiger partial charge in [0.1, 0.15) is 6.61 Å². The minimum Gasteiger partial charge on any atom is -0.374 e. The van der Waals surface area contributed by atoms with Gasteiger partial charge < -0.3 is 14.6 Å². The van der Waals surface area contributed by atoms with Gasteiger partial charge in [0.15, 0.2) is 5.82 Å². The predicted octanol–water partition coefficient (Wildman–Crippen LogP) is 4.08. The van der Waals surface area contributed by atoms with Crippen LogP contribution in [0, 0.1) is 0 Å². The lowest BCUT2D eigenvalue weighted by atomic mass is 10.1. The largest absolute Gasteiger partial charge is 0.374 e. The minimum atomic E-state index is 0.494. The summed E-state index contributed by atoms with van der Waals surface area (Å²) in [7, 11) is 0. The van der Waals surface area contributed by atoms with Crippen LogP contribution in [0.3, 0.4) is 0 Å². The number of hydrogen-bond acceptors (Lipinski definition) is 4. The molecule has 3 rings (SSSR count). The maximum Gasteiger partial charge on any atom is 0.154 e. The molecule has 5 nitrogen and oxygen atoms in total. The first-order chi connectivity index (χ1) is 12.4. The molecule has 0 aromatic carbocycles. The first kappa shape index (κ1) is 18.3. The molecule has 2 aromatic rings. The highest BCUT2D eigenvalue weighted by Crippen LogP contribution is 2.18. The summed E-state index contributed by atoms with van der Waals surface area (Å²) < 4.78 is 5.42. The van der Waals surface area contributed by atoms with Gasteiger partial charge in [-0.1, -0.05) is 19.3 Å². The SMILES string of the molecule is CCOCc1ncc2[nH]cc(CCCCCCN3CCCCC3)c2n1. The van der Waals surface area contributed by atoms with E-state index in [4.69, 9.17) is 4.74 Å². The molecule has 1 fully saturated rings. The summed E-state index contributed by atoms with van der Waals surface area (Å²) in [6.45, 7) is 7.11. The summed E-state index contributed by atoms with van der Waals surface area (Å²) >= 11 is 0. The summed E-state index contributed by atoms with van der Waals surface area (Å²) in [6, 6.07) is 0. The highest BCUT2D eigenvalue weighted by molar-refractivity contribution is 5.77. The maximum absolute atomic E-state index is 5.42. The molecule has 0 bridgehead atoms. The van der Waals surface area contributed by atoms with Crippen molar-refractivity contribution in [1.29, 1.82) is 0 Å². The van der Waals surface area contributed by atoms with Crippen molar-refractivity contribution in [2.45, 2.75) is 64.9 Å². The topological polar surface area (TPSA) is 54.0 Å². The number of piperidine rings is 1. The molecule has 1 aliphatic rings. The molecule has 5 heteroatoms. The number of rotatable bonds is 10. The first-order valence-electron chi connectivity index (χ1n) is 9.99. The third kappa shape index (κ3) is 5.51. The van der Waals surface area contributed by atoms with Crippen molar-refractivity contribution in [3.8, 4) is 0 Å². The summed E-state index contributed by atoms with van der Waals surface area (Å²) in [4.78, 5) is 15.0. The number of aromatic nitrogens is 3. The Balaban J connectivity index is 1.40. The molecule has 1 N–H and O–H groups in total. The zero-order valence-corrected chi connectivity index (χ0v) is 15.6. The molecule has 138 valence electrons. The standard InChI is InChI=1S/C20H32N4O/c1-2-25-16-19-22-15-18-20(23-19)17(14-21-18)10-6-3-4-7-11-24-12-8-5-9-13-24/h14-15,21H,2-13,16H2,1H3. The monoisotopic (exact) mass is 344 g/mol. The minimum absolute atomic E-state index is 0.494. The van der Waals surface area contributed by atoms with E-state index in [9.17, 15) is 0 Å². The van der Waals surface area contributed by atoms with Crippen molar-refractivity contribution < 1.29 is 4.74 Å². The average Bonchev–Trinajstić information content (AvgIpc) is 3.06. The van der Waals surface area contributed by atoms with Crippen molar-refractivity contribution in [2.24, 2.45) is 0 Å². The van der Waals surface area contributed by atoms with Crippen molar-refractivity contribution in [2.75, 3.05) is 26.2 Å². The molecule has 2 aromatic heterocycles. The number of nitrogens with zero attached hydrogens (tertiary/aromatic N) is 3. The quantitative estimate of drug-likeness (QED) is 0.660. The molecule has 0 aliphatic carbocycles. The number of aromatic amines is 1. The molecule has 25 heavy (non-hydrogen) atoms. The second-order valence-corrected chi connectivity index (χ2v) is 7.07. The average molecular weight is 345 g/mol. The molecule has 1 saturated heterocycles. The van der Waals surface area contributed by atoms with Gasteiger partial charge in [-0.25, -0.2) is 9.97 Å². The fourth-order valence-electron chi connectivity index (χ4n) is 3.64. The van der Waals surface area contributed by atoms with Crippen molar-refractivity contribution in [1.82, 2.24) is 19.9 Å². The smallest absolute Gasteiger partial charge is 0.154 e. The Bertz CT molecular complexity index is 634. The lowest BCUT2D eigenvalue weighted by Gasteiger charge is -2.26. The summed E-state index contributed by atoms with van der Waals surface area (Å²) in [6.07, 6.45) is 14.5. The van der Waals surface area contributed by atoms with Crippen molar-refractivity contribution >= 4 is 11.0 Å². The molecule has 0 radical (unpaired) electrons. The van der Waals surface area contributed by atoms with Gasteiger partial charge in [-0.2, -0.15) is 0 Å². The second-order valence-electron chi connectivity index (χ2n) is 7.07. The third-order valence-electron chi connectivity index (χ3n) is 5.10. The molecule has 0 atom stereocenters.